The van der Waals surface area contributed by atoms with E-state index in [0.29, 0.717) is 11.8 Å². The maximum absolute atomic E-state index is 13.4. The zero-order valence-corrected chi connectivity index (χ0v) is 27.8. The van der Waals surface area contributed by atoms with E-state index in [4.69, 9.17) is 0 Å². The number of piperidine rings is 3. The van der Waals surface area contributed by atoms with Crippen LogP contribution in [0.25, 0.3) is 0 Å². The number of carbonyl (C=O) groups is 1. The fourth-order valence-corrected chi connectivity index (χ4v) is 9.39. The number of hydrogen-bond donors (Lipinski definition) is 4. The molecule has 5 aliphatic heterocycles. The van der Waals surface area contributed by atoms with Gasteiger partial charge in [-0.25, -0.2) is 0 Å². The molecule has 5 saturated heterocycles. The third kappa shape index (κ3) is 6.89. The lowest BCUT2D eigenvalue weighted by Gasteiger charge is -2.54. The number of hydrogen-bond acceptors (Lipinski definition) is 7. The minimum Gasteiger partial charge on any atom is -0.435 e. The second-order valence-corrected chi connectivity index (χ2v) is 14.5. The molecular weight excluding hydrogens is 598 g/mol. The van der Waals surface area contributed by atoms with Gasteiger partial charge < -0.3 is 20.3 Å². The van der Waals surface area contributed by atoms with Crippen LogP contribution in [0.3, 0.4) is 0 Å². The molecule has 1 aliphatic carbocycles. The third-order valence-corrected chi connectivity index (χ3v) is 11.8. The number of alkyl halides is 2. The second-order valence-electron chi connectivity index (χ2n) is 14.5. The van der Waals surface area contributed by atoms with E-state index in [9.17, 15) is 13.6 Å². The summed E-state index contributed by atoms with van der Waals surface area (Å²) in [5.41, 5.74) is 3.50. The molecule has 5 heterocycles. The molecule has 6 aliphatic rings. The number of fused-ring (bicyclic) bond motifs is 4. The summed E-state index contributed by atoms with van der Waals surface area (Å²) >= 11 is 0. The van der Waals surface area contributed by atoms with Crippen molar-refractivity contribution >= 4 is 11.6 Å². The maximum Gasteiger partial charge on any atom is 0.387 e. The van der Waals surface area contributed by atoms with Crippen LogP contribution < -0.4 is 26.0 Å². The van der Waals surface area contributed by atoms with Crippen LogP contribution in [0.1, 0.15) is 91.7 Å². The highest BCUT2D eigenvalue weighted by molar-refractivity contribution is 5.96. The Morgan fingerprint density at radius 1 is 0.957 bits per heavy atom. The zero-order chi connectivity index (χ0) is 32.4. The summed E-state index contributed by atoms with van der Waals surface area (Å²) in [6.45, 7) is 4.98. The van der Waals surface area contributed by atoms with E-state index in [2.05, 4.69) is 47.9 Å². The summed E-state index contributed by atoms with van der Waals surface area (Å²) in [5, 5.41) is 15.2. The number of piperazine rings is 1. The molecule has 8 rings (SSSR count). The summed E-state index contributed by atoms with van der Waals surface area (Å²) < 4.78 is 30.3. The Morgan fingerprint density at radius 2 is 1.68 bits per heavy atom. The minimum absolute atomic E-state index is 0.0297. The van der Waals surface area contributed by atoms with E-state index in [1.165, 1.54) is 51.4 Å². The summed E-state index contributed by atoms with van der Waals surface area (Å²) in [6.07, 6.45) is 12.2. The molecule has 4 unspecified atom stereocenters. The first-order valence-corrected chi connectivity index (χ1v) is 18.1. The van der Waals surface area contributed by atoms with Crippen molar-refractivity contribution in [2.75, 3.05) is 44.6 Å². The fourth-order valence-electron chi connectivity index (χ4n) is 9.39. The van der Waals surface area contributed by atoms with Crippen molar-refractivity contribution in [3.8, 4) is 5.75 Å². The first kappa shape index (κ1) is 32.7. The quantitative estimate of drug-likeness (QED) is 0.285. The molecule has 47 heavy (non-hydrogen) atoms. The summed E-state index contributed by atoms with van der Waals surface area (Å²) in [4.78, 5) is 18.5. The van der Waals surface area contributed by atoms with Crippen molar-refractivity contribution in [3.05, 3.63) is 59.2 Å². The number of nitrogens with zero attached hydrogens (tertiary/aromatic N) is 2. The molecule has 6 fully saturated rings. The van der Waals surface area contributed by atoms with Gasteiger partial charge in [-0.3, -0.25) is 20.3 Å². The Hall–Kier alpha value is -2.79. The van der Waals surface area contributed by atoms with E-state index in [1.54, 1.807) is 12.1 Å². The summed E-state index contributed by atoms with van der Waals surface area (Å²) in [6, 6.07) is 13.7. The molecule has 4 N–H and O–H groups in total. The number of benzene rings is 2. The smallest absolute Gasteiger partial charge is 0.387 e. The Balaban J connectivity index is 1.13. The Morgan fingerprint density at radius 3 is 2.34 bits per heavy atom. The Labute approximate surface area is 278 Å². The van der Waals surface area contributed by atoms with Crippen LogP contribution >= 0.6 is 0 Å². The molecule has 2 aromatic carbocycles. The van der Waals surface area contributed by atoms with E-state index in [1.807, 2.05) is 25.1 Å². The van der Waals surface area contributed by atoms with E-state index >= 15 is 0 Å². The first-order chi connectivity index (χ1) is 22.9. The highest BCUT2D eigenvalue weighted by atomic mass is 19.3. The van der Waals surface area contributed by atoms with Gasteiger partial charge in [0.15, 0.2) is 0 Å². The SMILES string of the molecule is Cc1cc(NC2NCCN3C(c4ccc(OC(F)F)cc4)CNC23C2CCCCCCCC2)ccc1C(=O)NC1CN2CCC1CC2. The second kappa shape index (κ2) is 14.4. The van der Waals surface area contributed by atoms with Crippen molar-refractivity contribution < 1.29 is 18.3 Å². The molecule has 8 nitrogen and oxygen atoms in total. The van der Waals surface area contributed by atoms with Crippen LogP contribution in [0, 0.1) is 18.8 Å². The number of carbonyl (C=O) groups excluding carboxylic acids is 1. The fraction of sp³-hybridized carbons (Fsp3) is 0.649. The average Bonchev–Trinajstić information content (AvgIpc) is 3.52. The molecule has 10 heteroatoms. The predicted octanol–water partition coefficient (Wildman–Crippen LogP) is 5.86. The molecule has 4 atom stereocenters. The molecule has 256 valence electrons. The number of aryl methyl sites for hydroxylation is 1. The van der Waals surface area contributed by atoms with Gasteiger partial charge in [0.1, 0.15) is 17.6 Å². The molecule has 1 saturated carbocycles. The van der Waals surface area contributed by atoms with Crippen molar-refractivity contribution in [3.63, 3.8) is 0 Å². The number of amides is 1. The van der Waals surface area contributed by atoms with Gasteiger partial charge in [-0.1, -0.05) is 50.7 Å². The molecule has 0 aromatic heterocycles. The normalized spacial score (nSPS) is 31.9. The van der Waals surface area contributed by atoms with Gasteiger partial charge in [0.2, 0.25) is 0 Å². The van der Waals surface area contributed by atoms with Gasteiger partial charge >= 0.3 is 6.61 Å². The van der Waals surface area contributed by atoms with E-state index < -0.39 is 6.61 Å². The van der Waals surface area contributed by atoms with Crippen LogP contribution in [0.4, 0.5) is 14.5 Å². The molecule has 2 aromatic rings. The van der Waals surface area contributed by atoms with Gasteiger partial charge in [0, 0.05) is 49.5 Å². The van der Waals surface area contributed by atoms with Crippen molar-refractivity contribution in [2.24, 2.45) is 11.8 Å². The Bertz CT molecular complexity index is 1360. The number of ether oxygens (including phenoxy) is 1. The van der Waals surface area contributed by atoms with E-state index in [-0.39, 0.29) is 35.6 Å². The highest BCUT2D eigenvalue weighted by Gasteiger charge is 2.57. The number of nitrogens with one attached hydrogen (secondary N) is 4. The van der Waals surface area contributed by atoms with Gasteiger partial charge in [-0.2, -0.15) is 8.78 Å². The molecule has 1 amide bonds. The number of rotatable bonds is 8. The third-order valence-electron chi connectivity index (χ3n) is 11.8. The van der Waals surface area contributed by atoms with Gasteiger partial charge in [-0.05, 0) is 99.0 Å². The Kier molecular flexibility index (Phi) is 10.0. The number of anilines is 1. The van der Waals surface area contributed by atoms with Crippen LogP contribution in [0.15, 0.2) is 42.5 Å². The lowest BCUT2D eigenvalue weighted by molar-refractivity contribution is -0.0499. The number of halogens is 2. The highest BCUT2D eigenvalue weighted by Crippen LogP contribution is 2.45. The van der Waals surface area contributed by atoms with Crippen LogP contribution in [0.2, 0.25) is 0 Å². The van der Waals surface area contributed by atoms with Crippen LogP contribution in [-0.4, -0.2) is 79.5 Å². The van der Waals surface area contributed by atoms with Gasteiger partial charge in [0.05, 0.1) is 0 Å². The van der Waals surface area contributed by atoms with Crippen molar-refractivity contribution in [1.82, 2.24) is 25.8 Å². The molecule has 0 radical (unpaired) electrons. The lowest BCUT2D eigenvalue weighted by Crippen LogP contribution is -2.74. The topological polar surface area (TPSA) is 80.9 Å². The molecule has 0 spiro atoms. The predicted molar refractivity (Wildman–Crippen MR) is 181 cm³/mol. The first-order valence-electron chi connectivity index (χ1n) is 18.1. The van der Waals surface area contributed by atoms with Crippen molar-refractivity contribution in [2.45, 2.75) is 102 Å². The molecular formula is C37H52F2N6O2. The molecule has 2 bridgehead atoms. The standard InChI is InChI=1S/C37H52F2N6O2/c1-25-22-29(12-15-31(25)34(46)43-32-24-44-19-16-26(32)17-20-44)42-35-37(28-8-6-4-2-3-5-7-9-28)41-23-33(45(37)21-18-40-35)27-10-13-30(14-11-27)47-36(38)39/h10-15,22,26,28,32-33,35-36,40-42H,2-9,16-21,23-24H2,1H3,(H,43,46). The van der Waals surface area contributed by atoms with Gasteiger partial charge in [0.25, 0.3) is 5.91 Å². The largest absolute Gasteiger partial charge is 0.435 e. The zero-order valence-electron chi connectivity index (χ0n) is 27.8. The monoisotopic (exact) mass is 650 g/mol. The lowest BCUT2D eigenvalue weighted by atomic mass is 9.79. The summed E-state index contributed by atoms with van der Waals surface area (Å²) in [5.74, 6) is 1.24. The average molecular weight is 651 g/mol. The maximum atomic E-state index is 13.4. The summed E-state index contributed by atoms with van der Waals surface area (Å²) in [7, 11) is 0. The van der Waals surface area contributed by atoms with E-state index in [0.717, 1.165) is 74.5 Å². The van der Waals surface area contributed by atoms with Crippen LogP contribution in [0.5, 0.6) is 5.75 Å². The minimum atomic E-state index is -2.83. The van der Waals surface area contributed by atoms with Crippen molar-refractivity contribution in [1.29, 1.82) is 0 Å². The van der Waals surface area contributed by atoms with Crippen LogP contribution in [-0.2, 0) is 0 Å². The van der Waals surface area contributed by atoms with Gasteiger partial charge in [-0.15, -0.1) is 0 Å².